The number of rotatable bonds is 1. The zero-order valence-corrected chi connectivity index (χ0v) is 12.8. The van der Waals surface area contributed by atoms with E-state index in [1.54, 1.807) is 0 Å². The molecule has 1 aromatic carbocycles. The van der Waals surface area contributed by atoms with Gasteiger partial charge < -0.3 is 4.74 Å². The van der Waals surface area contributed by atoms with E-state index in [-0.39, 0.29) is 31.0 Å². The fourth-order valence-electron chi connectivity index (χ4n) is 3.26. The van der Waals surface area contributed by atoms with Gasteiger partial charge in [-0.1, -0.05) is 12.1 Å². The van der Waals surface area contributed by atoms with Crippen LogP contribution in [0.15, 0.2) is 18.2 Å². The Hall–Kier alpha value is -0.780. The Balaban J connectivity index is 0.00000161. The standard InChI is InChI=1S/C15H18F3NO.ClH/c1-9(2)19-6-11-10-4-3-5-13(15(16,17)18)12(10)8-20-14(11)7-19;/h3-5,9,11,14H,6-8H2,1-2H3;1H/t11-,14-;/m0./s1. The maximum Gasteiger partial charge on any atom is 0.416 e. The maximum atomic E-state index is 13.1. The lowest BCUT2D eigenvalue weighted by Crippen LogP contribution is -2.30. The minimum Gasteiger partial charge on any atom is -0.371 e. The molecule has 118 valence electrons. The Labute approximate surface area is 128 Å². The minimum absolute atomic E-state index is 0. The molecule has 2 atom stereocenters. The quantitative estimate of drug-likeness (QED) is 0.779. The number of halogens is 4. The van der Waals surface area contributed by atoms with E-state index >= 15 is 0 Å². The van der Waals surface area contributed by atoms with Gasteiger partial charge in [0.25, 0.3) is 0 Å². The van der Waals surface area contributed by atoms with E-state index in [2.05, 4.69) is 18.7 Å². The number of alkyl halides is 3. The molecule has 21 heavy (non-hydrogen) atoms. The third kappa shape index (κ3) is 2.91. The second-order valence-electron chi connectivity index (χ2n) is 5.87. The average Bonchev–Trinajstić information content (AvgIpc) is 2.81. The van der Waals surface area contributed by atoms with Gasteiger partial charge in [-0.25, -0.2) is 0 Å². The molecule has 2 aliphatic heterocycles. The van der Waals surface area contributed by atoms with Crippen molar-refractivity contribution in [2.45, 2.75) is 44.7 Å². The molecule has 1 fully saturated rings. The highest BCUT2D eigenvalue weighted by Gasteiger charge is 2.43. The molecule has 0 N–H and O–H groups in total. The molecule has 0 unspecified atom stereocenters. The molecule has 0 bridgehead atoms. The summed E-state index contributed by atoms with van der Waals surface area (Å²) in [7, 11) is 0. The van der Waals surface area contributed by atoms with Gasteiger partial charge in [-0.2, -0.15) is 13.2 Å². The summed E-state index contributed by atoms with van der Waals surface area (Å²) >= 11 is 0. The Bertz CT molecular complexity index is 518. The van der Waals surface area contributed by atoms with Gasteiger partial charge in [0.05, 0.1) is 18.3 Å². The van der Waals surface area contributed by atoms with Crippen molar-refractivity contribution < 1.29 is 17.9 Å². The van der Waals surface area contributed by atoms with Crippen molar-refractivity contribution in [1.29, 1.82) is 0 Å². The van der Waals surface area contributed by atoms with Crippen molar-refractivity contribution in [2.24, 2.45) is 0 Å². The van der Waals surface area contributed by atoms with E-state index in [9.17, 15) is 13.2 Å². The Morgan fingerprint density at radius 3 is 2.57 bits per heavy atom. The molecule has 0 radical (unpaired) electrons. The smallest absolute Gasteiger partial charge is 0.371 e. The lowest BCUT2D eigenvalue weighted by molar-refractivity contribution is -0.139. The van der Waals surface area contributed by atoms with E-state index in [0.717, 1.165) is 24.7 Å². The van der Waals surface area contributed by atoms with Crippen LogP contribution in [0.5, 0.6) is 0 Å². The van der Waals surface area contributed by atoms with Crippen molar-refractivity contribution >= 4 is 12.4 Å². The third-order valence-electron chi connectivity index (χ3n) is 4.38. The van der Waals surface area contributed by atoms with Crippen LogP contribution in [0.2, 0.25) is 0 Å². The largest absolute Gasteiger partial charge is 0.416 e. The van der Waals surface area contributed by atoms with Crippen LogP contribution in [0, 0.1) is 0 Å². The van der Waals surface area contributed by atoms with Gasteiger partial charge in [0.1, 0.15) is 0 Å². The maximum absolute atomic E-state index is 13.1. The van der Waals surface area contributed by atoms with E-state index in [1.807, 2.05) is 6.07 Å². The zero-order valence-electron chi connectivity index (χ0n) is 12.0. The molecule has 1 aromatic rings. The molecule has 3 rings (SSSR count). The van der Waals surface area contributed by atoms with Crippen LogP contribution in [0.3, 0.4) is 0 Å². The fraction of sp³-hybridized carbons (Fsp3) is 0.600. The first-order chi connectivity index (χ1) is 9.38. The van der Waals surface area contributed by atoms with Crippen molar-refractivity contribution in [1.82, 2.24) is 4.90 Å². The highest BCUT2D eigenvalue weighted by Crippen LogP contribution is 2.42. The van der Waals surface area contributed by atoms with Crippen LogP contribution >= 0.6 is 12.4 Å². The number of nitrogens with zero attached hydrogens (tertiary/aromatic N) is 1. The van der Waals surface area contributed by atoms with Crippen LogP contribution < -0.4 is 0 Å². The Morgan fingerprint density at radius 1 is 1.24 bits per heavy atom. The fourth-order valence-corrected chi connectivity index (χ4v) is 3.26. The van der Waals surface area contributed by atoms with Crippen LogP contribution in [-0.4, -0.2) is 30.1 Å². The minimum atomic E-state index is -4.31. The third-order valence-corrected chi connectivity index (χ3v) is 4.38. The van der Waals surface area contributed by atoms with E-state index in [1.165, 1.54) is 6.07 Å². The topological polar surface area (TPSA) is 12.5 Å². The predicted octanol–water partition coefficient (Wildman–Crippen LogP) is 3.83. The molecule has 0 aromatic heterocycles. The van der Waals surface area contributed by atoms with E-state index in [0.29, 0.717) is 11.6 Å². The second-order valence-corrected chi connectivity index (χ2v) is 5.87. The summed E-state index contributed by atoms with van der Waals surface area (Å²) in [6.07, 6.45) is -4.29. The van der Waals surface area contributed by atoms with Gasteiger partial charge in [-0.15, -0.1) is 12.4 Å². The van der Waals surface area contributed by atoms with Crippen molar-refractivity contribution in [3.8, 4) is 0 Å². The van der Waals surface area contributed by atoms with E-state index in [4.69, 9.17) is 4.74 Å². The highest BCUT2D eigenvalue weighted by atomic mass is 35.5. The number of benzene rings is 1. The molecular formula is C15H19ClF3NO. The van der Waals surface area contributed by atoms with Crippen molar-refractivity contribution in [2.75, 3.05) is 13.1 Å². The summed E-state index contributed by atoms with van der Waals surface area (Å²) in [6.45, 7) is 5.85. The van der Waals surface area contributed by atoms with Crippen molar-refractivity contribution in [3.63, 3.8) is 0 Å². The predicted molar refractivity (Wildman–Crippen MR) is 76.7 cm³/mol. The molecule has 2 heterocycles. The van der Waals surface area contributed by atoms with Gasteiger partial charge in [-0.05, 0) is 31.0 Å². The molecule has 0 aliphatic carbocycles. The summed E-state index contributed by atoms with van der Waals surface area (Å²) in [5.74, 6) is 0.0587. The van der Waals surface area contributed by atoms with Crippen LogP contribution in [0.1, 0.15) is 36.5 Å². The lowest BCUT2D eigenvalue weighted by atomic mass is 9.87. The Kier molecular flexibility index (Phi) is 4.57. The molecule has 2 aliphatic rings. The normalized spacial score (nSPS) is 25.4. The molecule has 6 heteroatoms. The first-order valence-electron chi connectivity index (χ1n) is 6.92. The number of likely N-dealkylation sites (tertiary alicyclic amines) is 1. The summed E-state index contributed by atoms with van der Waals surface area (Å²) in [5.41, 5.74) is 0.600. The second kappa shape index (κ2) is 5.78. The number of fused-ring (bicyclic) bond motifs is 3. The SMILES string of the molecule is CC(C)N1C[C@@H]2OCc3c(cccc3C(F)(F)F)[C@@H]2C1.Cl. The van der Waals surface area contributed by atoms with Crippen molar-refractivity contribution in [3.05, 3.63) is 34.9 Å². The summed E-state index contributed by atoms with van der Waals surface area (Å²) < 4.78 is 44.9. The lowest BCUT2D eigenvalue weighted by Gasteiger charge is -2.29. The zero-order chi connectivity index (χ0) is 14.5. The number of ether oxygens (including phenoxy) is 1. The molecule has 0 saturated carbocycles. The van der Waals surface area contributed by atoms with Gasteiger partial charge in [-0.3, -0.25) is 4.90 Å². The molecule has 0 amide bonds. The average molecular weight is 322 g/mol. The van der Waals surface area contributed by atoms with Gasteiger partial charge in [0.15, 0.2) is 0 Å². The first kappa shape index (κ1) is 16.6. The van der Waals surface area contributed by atoms with E-state index < -0.39 is 11.7 Å². The number of hydrogen-bond donors (Lipinski definition) is 0. The number of hydrogen-bond acceptors (Lipinski definition) is 2. The Morgan fingerprint density at radius 2 is 1.95 bits per heavy atom. The van der Waals surface area contributed by atoms with Crippen LogP contribution in [0.25, 0.3) is 0 Å². The van der Waals surface area contributed by atoms with Gasteiger partial charge >= 0.3 is 6.18 Å². The molecule has 2 nitrogen and oxygen atoms in total. The first-order valence-corrected chi connectivity index (χ1v) is 6.92. The van der Waals surface area contributed by atoms with Gasteiger partial charge in [0, 0.05) is 25.0 Å². The molecule has 0 spiro atoms. The summed E-state index contributed by atoms with van der Waals surface area (Å²) in [6, 6.07) is 4.88. The highest BCUT2D eigenvalue weighted by molar-refractivity contribution is 5.85. The van der Waals surface area contributed by atoms with Gasteiger partial charge in [0.2, 0.25) is 0 Å². The monoisotopic (exact) mass is 321 g/mol. The summed E-state index contributed by atoms with van der Waals surface area (Å²) in [4.78, 5) is 2.27. The van der Waals surface area contributed by atoms with Crippen LogP contribution in [-0.2, 0) is 17.5 Å². The van der Waals surface area contributed by atoms with Crippen LogP contribution in [0.4, 0.5) is 13.2 Å². The molecular weight excluding hydrogens is 303 g/mol. The molecule has 1 saturated heterocycles. The summed E-state index contributed by atoms with van der Waals surface area (Å²) in [5, 5.41) is 0.